The number of aromatic amines is 1. The molecule has 0 bridgehead atoms. The van der Waals surface area contributed by atoms with E-state index in [-0.39, 0.29) is 5.91 Å². The van der Waals surface area contributed by atoms with Gasteiger partial charge in [0.2, 0.25) is 0 Å². The molecule has 1 amide bonds. The molecule has 0 radical (unpaired) electrons. The van der Waals surface area contributed by atoms with Gasteiger partial charge in [-0.3, -0.25) is 4.79 Å². The molecule has 6 heteroatoms. The summed E-state index contributed by atoms with van der Waals surface area (Å²) in [5, 5.41) is 2.90. The Balaban J connectivity index is 2.19. The van der Waals surface area contributed by atoms with Crippen LogP contribution < -0.4 is 5.32 Å². The molecule has 2 aromatic rings. The monoisotopic (exact) mass is 344 g/mol. The molecular formula is C19H24N2O4. The van der Waals surface area contributed by atoms with E-state index in [4.69, 9.17) is 9.47 Å². The molecule has 134 valence electrons. The Hall–Kier alpha value is -2.60. The maximum atomic E-state index is 12.6. The minimum atomic E-state index is -0.435. The van der Waals surface area contributed by atoms with E-state index in [0.717, 1.165) is 11.1 Å². The average Bonchev–Trinajstić information content (AvgIpc) is 2.97. The molecule has 0 fully saturated rings. The molecule has 1 aromatic carbocycles. The fourth-order valence-corrected chi connectivity index (χ4v) is 2.82. The highest BCUT2D eigenvalue weighted by atomic mass is 16.5. The summed E-state index contributed by atoms with van der Waals surface area (Å²) >= 11 is 0. The van der Waals surface area contributed by atoms with Gasteiger partial charge in [-0.25, -0.2) is 4.79 Å². The first-order valence-electron chi connectivity index (χ1n) is 8.17. The summed E-state index contributed by atoms with van der Waals surface area (Å²) in [6, 6.07) is 7.78. The minimum Gasteiger partial charge on any atom is -0.465 e. The van der Waals surface area contributed by atoms with Gasteiger partial charge >= 0.3 is 5.97 Å². The Morgan fingerprint density at radius 1 is 1.16 bits per heavy atom. The molecule has 6 nitrogen and oxygen atoms in total. The zero-order valence-corrected chi connectivity index (χ0v) is 15.1. The number of amides is 1. The number of hydrogen-bond donors (Lipinski definition) is 2. The first-order valence-corrected chi connectivity index (χ1v) is 8.17. The summed E-state index contributed by atoms with van der Waals surface area (Å²) in [6.45, 7) is 4.53. The first kappa shape index (κ1) is 18.7. The van der Waals surface area contributed by atoms with Crippen LogP contribution in [0.2, 0.25) is 0 Å². The van der Waals surface area contributed by atoms with Crippen molar-refractivity contribution in [1.82, 2.24) is 10.3 Å². The number of esters is 1. The number of carbonyl (C=O) groups is 2. The number of ether oxygens (including phenoxy) is 2. The van der Waals surface area contributed by atoms with Gasteiger partial charge in [-0.15, -0.1) is 0 Å². The zero-order valence-electron chi connectivity index (χ0n) is 15.1. The van der Waals surface area contributed by atoms with E-state index >= 15 is 0 Å². The van der Waals surface area contributed by atoms with Crippen LogP contribution in [-0.4, -0.2) is 31.1 Å². The van der Waals surface area contributed by atoms with E-state index in [9.17, 15) is 9.59 Å². The molecule has 0 aliphatic rings. The SMILES string of the molecule is CCc1[nH]c(C(=O)NCc2ccccc2COC)c(C)c1C(=O)OC. The number of hydrogen-bond acceptors (Lipinski definition) is 4. The molecule has 0 atom stereocenters. The lowest BCUT2D eigenvalue weighted by Gasteiger charge is -2.10. The Kier molecular flexibility index (Phi) is 6.36. The smallest absolute Gasteiger partial charge is 0.339 e. The second kappa shape index (κ2) is 8.48. The minimum absolute atomic E-state index is 0.255. The number of methoxy groups -OCH3 is 2. The lowest BCUT2D eigenvalue weighted by Crippen LogP contribution is -2.24. The van der Waals surface area contributed by atoms with Gasteiger partial charge in [-0.1, -0.05) is 31.2 Å². The number of H-pyrrole nitrogens is 1. The molecule has 0 spiro atoms. The van der Waals surface area contributed by atoms with E-state index in [1.54, 1.807) is 14.0 Å². The molecule has 0 aliphatic heterocycles. The van der Waals surface area contributed by atoms with Gasteiger partial charge in [0, 0.05) is 19.3 Å². The van der Waals surface area contributed by atoms with Gasteiger partial charge in [0.25, 0.3) is 5.91 Å². The van der Waals surface area contributed by atoms with Crippen molar-refractivity contribution in [2.45, 2.75) is 33.4 Å². The van der Waals surface area contributed by atoms with Gasteiger partial charge in [0.15, 0.2) is 0 Å². The van der Waals surface area contributed by atoms with Crippen molar-refractivity contribution in [2.24, 2.45) is 0 Å². The second-order valence-electron chi connectivity index (χ2n) is 5.71. The lowest BCUT2D eigenvalue weighted by molar-refractivity contribution is 0.0599. The van der Waals surface area contributed by atoms with Crippen LogP contribution in [0.3, 0.4) is 0 Å². The molecule has 25 heavy (non-hydrogen) atoms. The van der Waals surface area contributed by atoms with E-state index in [0.29, 0.717) is 42.1 Å². The molecule has 0 saturated heterocycles. The average molecular weight is 344 g/mol. The van der Waals surface area contributed by atoms with Crippen LogP contribution in [0.25, 0.3) is 0 Å². The maximum Gasteiger partial charge on any atom is 0.339 e. The summed E-state index contributed by atoms with van der Waals surface area (Å²) in [5.41, 5.74) is 4.15. The van der Waals surface area contributed by atoms with Crippen molar-refractivity contribution < 1.29 is 19.1 Å². The fraction of sp³-hybridized carbons (Fsp3) is 0.368. The van der Waals surface area contributed by atoms with Crippen LogP contribution in [-0.2, 0) is 29.0 Å². The van der Waals surface area contributed by atoms with Crippen LogP contribution in [0.15, 0.2) is 24.3 Å². The van der Waals surface area contributed by atoms with E-state index < -0.39 is 5.97 Å². The highest BCUT2D eigenvalue weighted by Crippen LogP contribution is 2.20. The van der Waals surface area contributed by atoms with Crippen LogP contribution in [0.1, 0.15) is 50.2 Å². The zero-order chi connectivity index (χ0) is 18.4. The molecule has 2 N–H and O–H groups in total. The summed E-state index contributed by atoms with van der Waals surface area (Å²) in [7, 11) is 2.97. The van der Waals surface area contributed by atoms with Crippen molar-refractivity contribution in [1.29, 1.82) is 0 Å². The molecule has 0 unspecified atom stereocenters. The van der Waals surface area contributed by atoms with Crippen molar-refractivity contribution in [3.63, 3.8) is 0 Å². The molecule has 0 saturated carbocycles. The summed E-state index contributed by atoms with van der Waals surface area (Å²) in [5.74, 6) is -0.690. The van der Waals surface area contributed by atoms with Crippen LogP contribution in [0.5, 0.6) is 0 Å². The quantitative estimate of drug-likeness (QED) is 0.757. The maximum absolute atomic E-state index is 12.6. The predicted molar refractivity (Wildman–Crippen MR) is 94.6 cm³/mol. The Morgan fingerprint density at radius 2 is 1.84 bits per heavy atom. The number of aromatic nitrogens is 1. The van der Waals surface area contributed by atoms with Gasteiger partial charge in [0.1, 0.15) is 5.69 Å². The van der Waals surface area contributed by atoms with Gasteiger partial charge < -0.3 is 19.8 Å². The number of carbonyl (C=O) groups excluding carboxylic acids is 2. The number of aryl methyl sites for hydroxylation is 1. The standard InChI is InChI=1S/C19H24N2O4/c1-5-15-16(19(23)25-4)12(2)17(21-15)18(22)20-10-13-8-6-7-9-14(13)11-24-3/h6-9,21H,5,10-11H2,1-4H3,(H,20,22). The third kappa shape index (κ3) is 4.09. The van der Waals surface area contributed by atoms with Gasteiger partial charge in [-0.05, 0) is 30.0 Å². The highest BCUT2D eigenvalue weighted by Gasteiger charge is 2.23. The lowest BCUT2D eigenvalue weighted by atomic mass is 10.1. The first-order chi connectivity index (χ1) is 12.0. The number of nitrogens with one attached hydrogen (secondary N) is 2. The third-order valence-electron chi connectivity index (χ3n) is 4.16. The normalized spacial score (nSPS) is 10.6. The van der Waals surface area contributed by atoms with Crippen molar-refractivity contribution >= 4 is 11.9 Å². The van der Waals surface area contributed by atoms with Crippen LogP contribution in [0, 0.1) is 6.92 Å². The number of benzene rings is 1. The summed E-state index contributed by atoms with van der Waals surface area (Å²) < 4.78 is 10.0. The Morgan fingerprint density at radius 3 is 2.44 bits per heavy atom. The fourth-order valence-electron chi connectivity index (χ4n) is 2.82. The Bertz CT molecular complexity index is 765. The third-order valence-corrected chi connectivity index (χ3v) is 4.16. The molecule has 1 heterocycles. The van der Waals surface area contributed by atoms with E-state index in [1.807, 2.05) is 31.2 Å². The van der Waals surface area contributed by atoms with Crippen LogP contribution in [0.4, 0.5) is 0 Å². The van der Waals surface area contributed by atoms with Gasteiger partial charge in [0.05, 0.1) is 19.3 Å². The largest absolute Gasteiger partial charge is 0.465 e. The van der Waals surface area contributed by atoms with E-state index in [1.165, 1.54) is 7.11 Å². The predicted octanol–water partition coefficient (Wildman–Crippen LogP) is 2.75. The topological polar surface area (TPSA) is 80.4 Å². The van der Waals surface area contributed by atoms with E-state index in [2.05, 4.69) is 10.3 Å². The number of rotatable bonds is 7. The molecule has 1 aromatic heterocycles. The van der Waals surface area contributed by atoms with Crippen LogP contribution >= 0.6 is 0 Å². The Labute approximate surface area is 147 Å². The molecular weight excluding hydrogens is 320 g/mol. The van der Waals surface area contributed by atoms with Crippen molar-refractivity contribution in [2.75, 3.05) is 14.2 Å². The van der Waals surface area contributed by atoms with Crippen molar-refractivity contribution in [3.05, 3.63) is 57.9 Å². The van der Waals surface area contributed by atoms with Crippen molar-refractivity contribution in [3.8, 4) is 0 Å². The molecule has 2 rings (SSSR count). The second-order valence-corrected chi connectivity index (χ2v) is 5.71. The summed E-state index contributed by atoms with van der Waals surface area (Å²) in [6.07, 6.45) is 0.606. The highest BCUT2D eigenvalue weighted by molar-refractivity contribution is 6.00. The van der Waals surface area contributed by atoms with Gasteiger partial charge in [-0.2, -0.15) is 0 Å². The molecule has 0 aliphatic carbocycles. The summed E-state index contributed by atoms with van der Waals surface area (Å²) in [4.78, 5) is 27.6.